The van der Waals surface area contributed by atoms with Gasteiger partial charge in [0.25, 0.3) is 0 Å². The van der Waals surface area contributed by atoms with E-state index in [-0.39, 0.29) is 0 Å². The van der Waals surface area contributed by atoms with Crippen molar-refractivity contribution in [2.45, 2.75) is 61.8 Å². The summed E-state index contributed by atoms with van der Waals surface area (Å²) >= 11 is 4.38. The summed E-state index contributed by atoms with van der Waals surface area (Å²) in [6.45, 7) is 5.81. The highest BCUT2D eigenvalue weighted by Crippen LogP contribution is 2.49. The molecule has 2 unspecified atom stereocenters. The molecular weight excluding hydrogens is 260 g/mol. The molecule has 1 saturated heterocycles. The zero-order valence-corrected chi connectivity index (χ0v) is 13.1. The minimum atomic E-state index is 0.404. The van der Waals surface area contributed by atoms with Crippen molar-refractivity contribution in [3.8, 4) is 0 Å². The number of hydrogen-bond donors (Lipinski definition) is 0. The summed E-state index contributed by atoms with van der Waals surface area (Å²) in [5.41, 5.74) is 0. The lowest BCUT2D eigenvalue weighted by molar-refractivity contribution is 0.604. The van der Waals surface area contributed by atoms with Crippen molar-refractivity contribution < 1.29 is 0 Å². The maximum absolute atomic E-state index is 4.11. The Balaban J connectivity index is 1.81. The quantitative estimate of drug-likeness (QED) is 0.770. The second-order valence-electron chi connectivity index (χ2n) is 5.20. The van der Waals surface area contributed by atoms with Crippen LogP contribution in [0, 0.1) is 0 Å². The molecule has 2 heterocycles. The first-order valence-electron chi connectivity index (χ1n) is 6.99. The highest BCUT2D eigenvalue weighted by molar-refractivity contribution is 8.19. The molecule has 2 rings (SSSR count). The van der Waals surface area contributed by atoms with E-state index in [1.807, 2.05) is 12.5 Å². The van der Waals surface area contributed by atoms with Crippen LogP contribution >= 0.6 is 23.5 Å². The first-order chi connectivity index (χ1) is 8.72. The molecule has 0 radical (unpaired) electrons. The number of unbranched alkanes of at least 4 members (excludes halogenated alkanes) is 1. The topological polar surface area (TPSA) is 17.8 Å². The zero-order valence-electron chi connectivity index (χ0n) is 11.5. The lowest BCUT2D eigenvalue weighted by atomic mass is 10.2. The van der Waals surface area contributed by atoms with Gasteiger partial charge in [0.05, 0.1) is 10.4 Å². The van der Waals surface area contributed by atoms with Gasteiger partial charge < -0.3 is 4.57 Å². The average Bonchev–Trinajstić information content (AvgIpc) is 2.87. The summed E-state index contributed by atoms with van der Waals surface area (Å²) in [4.78, 5) is 4.11. The Kier molecular flexibility index (Phi) is 5.49. The monoisotopic (exact) mass is 284 g/mol. The molecule has 1 aliphatic rings. The number of hydrogen-bond acceptors (Lipinski definition) is 3. The normalized spacial score (nSPS) is 28.4. The number of nitrogens with zero attached hydrogens (tertiary/aromatic N) is 2. The molecule has 1 aromatic heterocycles. The van der Waals surface area contributed by atoms with Crippen LogP contribution in [0.4, 0.5) is 0 Å². The van der Waals surface area contributed by atoms with E-state index in [2.05, 4.69) is 53.1 Å². The second kappa shape index (κ2) is 6.90. The molecular formula is C14H24N2S2. The van der Waals surface area contributed by atoms with Gasteiger partial charge in [0.15, 0.2) is 0 Å². The largest absolute Gasteiger partial charge is 0.337 e. The molecule has 1 aromatic rings. The van der Waals surface area contributed by atoms with Gasteiger partial charge in [-0.2, -0.15) is 0 Å². The van der Waals surface area contributed by atoms with Crippen LogP contribution in [0.15, 0.2) is 18.7 Å². The van der Waals surface area contributed by atoms with Gasteiger partial charge >= 0.3 is 0 Å². The van der Waals surface area contributed by atoms with Gasteiger partial charge in [-0.3, -0.25) is 0 Å². The lowest BCUT2D eigenvalue weighted by Gasteiger charge is -2.37. The molecule has 0 saturated carbocycles. The first kappa shape index (κ1) is 14.3. The fourth-order valence-corrected chi connectivity index (χ4v) is 5.95. The summed E-state index contributed by atoms with van der Waals surface area (Å²) in [5, 5.41) is 0.888. The minimum Gasteiger partial charge on any atom is -0.337 e. The van der Waals surface area contributed by atoms with E-state index >= 15 is 0 Å². The van der Waals surface area contributed by atoms with Crippen LogP contribution in [0.25, 0.3) is 0 Å². The van der Waals surface area contributed by atoms with Crippen LogP contribution in [0.5, 0.6) is 0 Å². The standard InChI is InChI=1S/C14H24N2S2/c1-3-4-5-13-6-11-17-14(2,18-13)7-9-16-10-8-15-12-16/h8,10,12-13H,3-7,9,11H2,1-2H3. The van der Waals surface area contributed by atoms with Crippen LogP contribution in [0.2, 0.25) is 0 Å². The fraction of sp³-hybridized carbons (Fsp3) is 0.786. The van der Waals surface area contributed by atoms with Gasteiger partial charge in [0.2, 0.25) is 0 Å². The molecule has 0 spiro atoms. The molecule has 0 aromatic carbocycles. The highest BCUT2D eigenvalue weighted by Gasteiger charge is 2.32. The van der Waals surface area contributed by atoms with E-state index in [0.29, 0.717) is 4.08 Å². The van der Waals surface area contributed by atoms with Gasteiger partial charge in [-0.05, 0) is 31.9 Å². The molecule has 1 fully saturated rings. The predicted octanol–water partition coefficient (Wildman–Crippen LogP) is 4.42. The van der Waals surface area contributed by atoms with E-state index in [4.69, 9.17) is 0 Å². The van der Waals surface area contributed by atoms with Gasteiger partial charge in [-0.1, -0.05) is 19.8 Å². The van der Waals surface area contributed by atoms with Crippen molar-refractivity contribution in [2.24, 2.45) is 0 Å². The Morgan fingerprint density at radius 1 is 1.50 bits per heavy atom. The maximum atomic E-state index is 4.11. The Morgan fingerprint density at radius 3 is 3.11 bits per heavy atom. The van der Waals surface area contributed by atoms with E-state index in [1.165, 1.54) is 37.9 Å². The first-order valence-corrected chi connectivity index (χ1v) is 8.86. The third-order valence-electron chi connectivity index (χ3n) is 3.53. The number of rotatable bonds is 6. The Bertz CT molecular complexity index is 340. The maximum Gasteiger partial charge on any atom is 0.0945 e. The van der Waals surface area contributed by atoms with E-state index in [0.717, 1.165) is 11.8 Å². The molecule has 0 N–H and O–H groups in total. The predicted molar refractivity (Wildman–Crippen MR) is 83.2 cm³/mol. The van der Waals surface area contributed by atoms with E-state index < -0.39 is 0 Å². The third-order valence-corrected chi connectivity index (χ3v) is 6.93. The molecule has 0 bridgehead atoms. The number of aromatic nitrogens is 2. The van der Waals surface area contributed by atoms with Crippen molar-refractivity contribution in [2.75, 3.05) is 5.75 Å². The molecule has 2 nitrogen and oxygen atoms in total. The molecule has 0 amide bonds. The summed E-state index contributed by atoms with van der Waals surface area (Å²) in [6.07, 6.45) is 12.6. The molecule has 2 atom stereocenters. The van der Waals surface area contributed by atoms with Crippen LogP contribution in [-0.4, -0.2) is 24.6 Å². The van der Waals surface area contributed by atoms with Gasteiger partial charge in [-0.25, -0.2) is 4.98 Å². The van der Waals surface area contributed by atoms with Gasteiger partial charge in [0.1, 0.15) is 0 Å². The molecule has 0 aliphatic carbocycles. The lowest BCUT2D eigenvalue weighted by Crippen LogP contribution is -2.27. The third kappa shape index (κ3) is 4.23. The van der Waals surface area contributed by atoms with Gasteiger partial charge in [-0.15, -0.1) is 23.5 Å². The highest BCUT2D eigenvalue weighted by atomic mass is 32.2. The summed E-state index contributed by atoms with van der Waals surface area (Å²) in [5.74, 6) is 1.34. The second-order valence-corrected chi connectivity index (χ2v) is 8.86. The van der Waals surface area contributed by atoms with Crippen molar-refractivity contribution in [1.82, 2.24) is 9.55 Å². The minimum absolute atomic E-state index is 0.404. The van der Waals surface area contributed by atoms with Crippen molar-refractivity contribution in [3.63, 3.8) is 0 Å². The van der Waals surface area contributed by atoms with E-state index in [9.17, 15) is 0 Å². The number of aryl methyl sites for hydroxylation is 1. The molecule has 18 heavy (non-hydrogen) atoms. The summed E-state index contributed by atoms with van der Waals surface area (Å²) in [6, 6.07) is 0. The SMILES string of the molecule is CCCCC1CCSC(C)(CCn2ccnc2)S1. The molecule has 102 valence electrons. The van der Waals surface area contributed by atoms with Gasteiger partial charge in [0, 0.05) is 24.2 Å². The Morgan fingerprint density at radius 2 is 2.39 bits per heavy atom. The number of thioether (sulfide) groups is 2. The zero-order chi connectivity index (χ0) is 12.8. The van der Waals surface area contributed by atoms with Crippen LogP contribution in [0.3, 0.4) is 0 Å². The Hall–Kier alpha value is -0.0900. The van der Waals surface area contributed by atoms with Crippen molar-refractivity contribution >= 4 is 23.5 Å². The Labute approximate surface area is 119 Å². The summed E-state index contributed by atoms with van der Waals surface area (Å²) < 4.78 is 2.60. The smallest absolute Gasteiger partial charge is 0.0945 e. The molecule has 1 aliphatic heterocycles. The van der Waals surface area contributed by atoms with E-state index in [1.54, 1.807) is 0 Å². The average molecular weight is 284 g/mol. The fourth-order valence-electron chi connectivity index (χ4n) is 2.37. The van der Waals surface area contributed by atoms with Crippen LogP contribution in [-0.2, 0) is 6.54 Å². The van der Waals surface area contributed by atoms with Crippen molar-refractivity contribution in [1.29, 1.82) is 0 Å². The van der Waals surface area contributed by atoms with Crippen molar-refractivity contribution in [3.05, 3.63) is 18.7 Å². The summed E-state index contributed by atoms with van der Waals surface area (Å²) in [7, 11) is 0. The number of imidazole rings is 1. The van der Waals surface area contributed by atoms with Crippen LogP contribution in [0.1, 0.15) is 46.0 Å². The van der Waals surface area contributed by atoms with Crippen LogP contribution < -0.4 is 0 Å². The molecule has 4 heteroatoms.